The molecule has 0 aliphatic heterocycles. The molecule has 4 nitrogen and oxygen atoms in total. The second kappa shape index (κ2) is 5.34. The molecule has 0 unspecified atom stereocenters. The molecule has 0 fully saturated rings. The number of hydrogen-bond acceptors (Lipinski definition) is 3. The molecule has 20 heavy (non-hydrogen) atoms. The predicted octanol–water partition coefficient (Wildman–Crippen LogP) is 3.34. The molecule has 0 aliphatic rings. The fourth-order valence-electron chi connectivity index (χ4n) is 1.86. The maximum Gasteiger partial charge on any atom is 0.262 e. The van der Waals surface area contributed by atoms with Crippen LogP contribution in [0.25, 0.3) is 0 Å². The molecule has 2 aromatic carbocycles. The van der Waals surface area contributed by atoms with Crippen LogP contribution in [0.5, 0.6) is 0 Å². The van der Waals surface area contributed by atoms with Crippen LogP contribution < -0.4 is 10.5 Å². The van der Waals surface area contributed by atoms with Crippen molar-refractivity contribution in [2.24, 2.45) is 0 Å². The summed E-state index contributed by atoms with van der Waals surface area (Å²) in [5.41, 5.74) is 8.04. The number of nitrogens with two attached hydrogens (primary N) is 1. The van der Waals surface area contributed by atoms with Gasteiger partial charge in [-0.15, -0.1) is 0 Å². The third-order valence-corrected chi connectivity index (χ3v) is 4.69. The molecule has 0 aliphatic carbocycles. The van der Waals surface area contributed by atoms with Gasteiger partial charge in [0.05, 0.1) is 10.6 Å². The van der Waals surface area contributed by atoms with Crippen molar-refractivity contribution in [1.29, 1.82) is 0 Å². The van der Waals surface area contributed by atoms with Gasteiger partial charge >= 0.3 is 0 Å². The second-order valence-electron chi connectivity index (χ2n) is 4.59. The molecule has 0 amide bonds. The standard InChI is InChI=1S/C14H15ClN2O2S/c1-9-3-5-12(16)8-13(9)17-20(18,19)14-6-4-11(15)7-10(14)2/h3-8,17H,16H2,1-2H3. The van der Waals surface area contributed by atoms with Crippen LogP contribution in [0.15, 0.2) is 41.3 Å². The van der Waals surface area contributed by atoms with Crippen molar-refractivity contribution in [3.63, 3.8) is 0 Å². The van der Waals surface area contributed by atoms with E-state index in [0.717, 1.165) is 5.56 Å². The van der Waals surface area contributed by atoms with Gasteiger partial charge in [-0.1, -0.05) is 17.7 Å². The summed E-state index contributed by atoms with van der Waals surface area (Å²) < 4.78 is 27.4. The van der Waals surface area contributed by atoms with Crippen molar-refractivity contribution in [3.05, 3.63) is 52.5 Å². The van der Waals surface area contributed by atoms with E-state index in [4.69, 9.17) is 17.3 Å². The Balaban J connectivity index is 2.43. The highest BCUT2D eigenvalue weighted by Gasteiger charge is 2.18. The first kappa shape index (κ1) is 14.7. The topological polar surface area (TPSA) is 72.2 Å². The fourth-order valence-corrected chi connectivity index (χ4v) is 3.44. The smallest absolute Gasteiger partial charge is 0.262 e. The summed E-state index contributed by atoms with van der Waals surface area (Å²) in [6, 6.07) is 9.74. The van der Waals surface area contributed by atoms with Crippen molar-refractivity contribution in [2.75, 3.05) is 10.5 Å². The highest BCUT2D eigenvalue weighted by Crippen LogP contribution is 2.25. The van der Waals surface area contributed by atoms with Crippen molar-refractivity contribution in [2.45, 2.75) is 18.7 Å². The van der Waals surface area contributed by atoms with Crippen LogP contribution in [0.4, 0.5) is 11.4 Å². The monoisotopic (exact) mass is 310 g/mol. The van der Waals surface area contributed by atoms with E-state index in [2.05, 4.69) is 4.72 Å². The average Bonchev–Trinajstić information content (AvgIpc) is 2.33. The zero-order valence-electron chi connectivity index (χ0n) is 11.1. The molecule has 2 rings (SSSR count). The van der Waals surface area contributed by atoms with E-state index in [1.165, 1.54) is 6.07 Å². The SMILES string of the molecule is Cc1ccc(N)cc1NS(=O)(=O)c1ccc(Cl)cc1C. The normalized spacial score (nSPS) is 11.3. The number of hydrogen-bond donors (Lipinski definition) is 2. The summed E-state index contributed by atoms with van der Waals surface area (Å²) in [5, 5.41) is 0.501. The van der Waals surface area contributed by atoms with Gasteiger partial charge in [0.25, 0.3) is 10.0 Å². The minimum atomic E-state index is -3.66. The van der Waals surface area contributed by atoms with Gasteiger partial charge in [0.15, 0.2) is 0 Å². The van der Waals surface area contributed by atoms with Gasteiger partial charge in [0.2, 0.25) is 0 Å². The summed E-state index contributed by atoms with van der Waals surface area (Å²) in [5.74, 6) is 0. The van der Waals surface area contributed by atoms with E-state index >= 15 is 0 Å². The number of nitrogen functional groups attached to an aromatic ring is 1. The zero-order chi connectivity index (χ0) is 14.9. The first-order chi connectivity index (χ1) is 9.29. The second-order valence-corrected chi connectivity index (χ2v) is 6.68. The quantitative estimate of drug-likeness (QED) is 0.854. The number of benzene rings is 2. The first-order valence-electron chi connectivity index (χ1n) is 5.95. The minimum Gasteiger partial charge on any atom is -0.399 e. The molecule has 0 saturated heterocycles. The van der Waals surface area contributed by atoms with E-state index in [1.807, 2.05) is 6.92 Å². The van der Waals surface area contributed by atoms with Crippen molar-refractivity contribution >= 4 is 33.0 Å². The van der Waals surface area contributed by atoms with Gasteiger partial charge in [-0.25, -0.2) is 8.42 Å². The van der Waals surface area contributed by atoms with Crippen LogP contribution in [-0.2, 0) is 10.0 Å². The minimum absolute atomic E-state index is 0.198. The fraction of sp³-hybridized carbons (Fsp3) is 0.143. The molecule has 6 heteroatoms. The number of halogens is 1. The number of aryl methyl sites for hydroxylation is 2. The zero-order valence-corrected chi connectivity index (χ0v) is 12.7. The van der Waals surface area contributed by atoms with Crippen molar-refractivity contribution in [1.82, 2.24) is 0 Å². The number of rotatable bonds is 3. The van der Waals surface area contributed by atoms with Gasteiger partial charge in [-0.2, -0.15) is 0 Å². The maximum absolute atomic E-state index is 12.4. The molecule has 3 N–H and O–H groups in total. The van der Waals surface area contributed by atoms with Crippen LogP contribution in [0.3, 0.4) is 0 Å². The molecule has 0 spiro atoms. The number of anilines is 2. The predicted molar refractivity (Wildman–Crippen MR) is 82.6 cm³/mol. The molecule has 0 heterocycles. The summed E-state index contributed by atoms with van der Waals surface area (Å²) in [7, 11) is -3.66. The lowest BCUT2D eigenvalue weighted by molar-refractivity contribution is 0.600. The van der Waals surface area contributed by atoms with Gasteiger partial charge in [-0.05, 0) is 55.3 Å². The largest absolute Gasteiger partial charge is 0.399 e. The Morgan fingerprint density at radius 3 is 2.40 bits per heavy atom. The Morgan fingerprint density at radius 2 is 1.75 bits per heavy atom. The third-order valence-electron chi connectivity index (χ3n) is 2.93. The Morgan fingerprint density at radius 1 is 1.05 bits per heavy atom. The van der Waals surface area contributed by atoms with Crippen LogP contribution in [0.1, 0.15) is 11.1 Å². The molecule has 106 valence electrons. The van der Waals surface area contributed by atoms with E-state index in [1.54, 1.807) is 37.3 Å². The van der Waals surface area contributed by atoms with Gasteiger partial charge in [-0.3, -0.25) is 4.72 Å². The van der Waals surface area contributed by atoms with Gasteiger partial charge < -0.3 is 5.73 Å². The highest BCUT2D eigenvalue weighted by atomic mass is 35.5. The Hall–Kier alpha value is -1.72. The average molecular weight is 311 g/mol. The molecular weight excluding hydrogens is 296 g/mol. The number of sulfonamides is 1. The summed E-state index contributed by atoms with van der Waals surface area (Å²) in [4.78, 5) is 0.198. The third kappa shape index (κ3) is 3.05. The van der Waals surface area contributed by atoms with E-state index in [9.17, 15) is 8.42 Å². The summed E-state index contributed by atoms with van der Waals surface area (Å²) >= 11 is 5.84. The molecule has 0 saturated carbocycles. The van der Waals surface area contributed by atoms with Crippen molar-refractivity contribution in [3.8, 4) is 0 Å². The lowest BCUT2D eigenvalue weighted by Crippen LogP contribution is -2.15. The van der Waals surface area contributed by atoms with Crippen LogP contribution in [0, 0.1) is 13.8 Å². The molecule has 0 bridgehead atoms. The lowest BCUT2D eigenvalue weighted by Gasteiger charge is -2.13. The maximum atomic E-state index is 12.4. The van der Waals surface area contributed by atoms with E-state index in [0.29, 0.717) is 22.0 Å². The molecule has 0 radical (unpaired) electrons. The van der Waals surface area contributed by atoms with E-state index in [-0.39, 0.29) is 4.90 Å². The van der Waals surface area contributed by atoms with Gasteiger partial charge in [0.1, 0.15) is 0 Å². The van der Waals surface area contributed by atoms with E-state index < -0.39 is 10.0 Å². The Bertz CT molecular complexity index is 758. The van der Waals surface area contributed by atoms with Crippen molar-refractivity contribution < 1.29 is 8.42 Å². The lowest BCUT2D eigenvalue weighted by atomic mass is 10.2. The first-order valence-corrected chi connectivity index (χ1v) is 7.81. The van der Waals surface area contributed by atoms with Crippen LogP contribution in [-0.4, -0.2) is 8.42 Å². The molecule has 0 aromatic heterocycles. The molecule has 0 atom stereocenters. The summed E-state index contributed by atoms with van der Waals surface area (Å²) in [6.45, 7) is 3.51. The van der Waals surface area contributed by atoms with Crippen LogP contribution >= 0.6 is 11.6 Å². The summed E-state index contributed by atoms with van der Waals surface area (Å²) in [6.07, 6.45) is 0. The molecular formula is C14H15ClN2O2S. The Kier molecular flexibility index (Phi) is 3.92. The highest BCUT2D eigenvalue weighted by molar-refractivity contribution is 7.92. The van der Waals surface area contributed by atoms with Crippen LogP contribution in [0.2, 0.25) is 5.02 Å². The Labute approximate surface area is 123 Å². The molecule has 2 aromatic rings. The number of nitrogens with one attached hydrogen (secondary N) is 1. The van der Waals surface area contributed by atoms with Gasteiger partial charge in [0, 0.05) is 10.7 Å².